The van der Waals surface area contributed by atoms with Gasteiger partial charge in [-0.25, -0.2) is 0 Å². The highest BCUT2D eigenvalue weighted by Gasteiger charge is 2.48. The predicted molar refractivity (Wildman–Crippen MR) is 146 cm³/mol. The lowest BCUT2D eigenvalue weighted by atomic mass is 9.94. The molecule has 4 rings (SSSR count). The van der Waals surface area contributed by atoms with Crippen LogP contribution in [0.5, 0.6) is 28.7 Å². The lowest BCUT2D eigenvalue weighted by molar-refractivity contribution is -0.132. The number of aryl methyl sites for hydroxylation is 1. The second kappa shape index (κ2) is 11.0. The lowest BCUT2D eigenvalue weighted by Gasteiger charge is -2.27. The highest BCUT2D eigenvalue weighted by molar-refractivity contribution is 6.52. The number of hydrogen-bond acceptors (Lipinski definition) is 8. The van der Waals surface area contributed by atoms with Gasteiger partial charge in [-0.15, -0.1) is 0 Å². The molecule has 0 radical (unpaired) electrons. The zero-order valence-electron chi connectivity index (χ0n) is 22.6. The van der Waals surface area contributed by atoms with E-state index >= 15 is 0 Å². The van der Waals surface area contributed by atoms with Crippen molar-refractivity contribution in [2.24, 2.45) is 0 Å². The minimum atomic E-state index is -1.13. The van der Waals surface area contributed by atoms with Gasteiger partial charge in [0.25, 0.3) is 11.7 Å². The van der Waals surface area contributed by atoms with Gasteiger partial charge in [-0.3, -0.25) is 14.5 Å². The fraction of sp³-hybridized carbons (Fsp3) is 0.267. The van der Waals surface area contributed by atoms with E-state index < -0.39 is 17.7 Å². The Labute approximate surface area is 226 Å². The van der Waals surface area contributed by atoms with Crippen molar-refractivity contribution in [1.82, 2.24) is 0 Å². The van der Waals surface area contributed by atoms with Crippen molar-refractivity contribution < 1.29 is 38.7 Å². The first-order valence-corrected chi connectivity index (χ1v) is 12.3. The normalized spacial score (nSPS) is 16.5. The van der Waals surface area contributed by atoms with Crippen LogP contribution in [0.3, 0.4) is 0 Å². The fourth-order valence-electron chi connectivity index (χ4n) is 4.66. The molecule has 2 N–H and O–H groups in total. The molecule has 1 heterocycles. The van der Waals surface area contributed by atoms with Crippen LogP contribution in [0.4, 0.5) is 5.69 Å². The molecule has 0 bridgehead atoms. The van der Waals surface area contributed by atoms with Crippen LogP contribution in [0.2, 0.25) is 0 Å². The van der Waals surface area contributed by atoms with Gasteiger partial charge < -0.3 is 29.2 Å². The topological polar surface area (TPSA) is 115 Å². The molecule has 1 aliphatic rings. The number of aliphatic hydroxyl groups excluding tert-OH is 1. The maximum atomic E-state index is 13.5. The number of hydrogen-bond donors (Lipinski definition) is 2. The zero-order valence-corrected chi connectivity index (χ0v) is 22.6. The number of ketones is 1. The third kappa shape index (κ3) is 4.95. The molecule has 0 saturated carbocycles. The van der Waals surface area contributed by atoms with Crippen molar-refractivity contribution in [2.45, 2.75) is 32.9 Å². The number of phenols is 1. The van der Waals surface area contributed by atoms with Gasteiger partial charge in [0.1, 0.15) is 17.3 Å². The van der Waals surface area contributed by atoms with E-state index in [1.807, 2.05) is 20.8 Å². The fourth-order valence-corrected chi connectivity index (χ4v) is 4.66. The molecule has 0 spiro atoms. The van der Waals surface area contributed by atoms with Crippen LogP contribution >= 0.6 is 0 Å². The molecule has 1 unspecified atom stereocenters. The summed E-state index contributed by atoms with van der Waals surface area (Å²) in [5.41, 5.74) is 1.41. The Morgan fingerprint density at radius 1 is 0.897 bits per heavy atom. The largest absolute Gasteiger partial charge is 0.507 e. The number of aromatic hydroxyl groups is 1. The standard InChI is InChI=1S/C30H31NO8/c1-16(2)39-22-12-11-18(13-17(22)3)27(33)25-26(19-14-23(36-4)29(38-6)24(15-19)37-5)31(30(35)28(25)34)20-9-7-8-10-21(20)32/h7-16,26,32-33H,1-6H3/b27-25+. The van der Waals surface area contributed by atoms with Crippen molar-refractivity contribution in [3.05, 3.63) is 76.9 Å². The second-order valence-corrected chi connectivity index (χ2v) is 9.26. The Balaban J connectivity index is 1.99. The van der Waals surface area contributed by atoms with Gasteiger partial charge in [0, 0.05) is 5.56 Å². The zero-order chi connectivity index (χ0) is 28.4. The first-order chi connectivity index (χ1) is 18.6. The molecule has 3 aromatic rings. The van der Waals surface area contributed by atoms with E-state index in [1.165, 1.54) is 33.5 Å². The van der Waals surface area contributed by atoms with Gasteiger partial charge in [-0.1, -0.05) is 12.1 Å². The van der Waals surface area contributed by atoms with Crippen LogP contribution in [0.25, 0.3) is 5.76 Å². The highest BCUT2D eigenvalue weighted by atomic mass is 16.5. The number of para-hydroxylation sites is 2. The number of ether oxygens (including phenoxy) is 4. The van der Waals surface area contributed by atoms with E-state index in [0.29, 0.717) is 34.1 Å². The SMILES string of the molecule is COc1cc(C2/C(=C(\O)c3ccc(OC(C)C)c(C)c3)C(=O)C(=O)N2c2ccccc2O)cc(OC)c1OC. The molecule has 0 aromatic heterocycles. The summed E-state index contributed by atoms with van der Waals surface area (Å²) >= 11 is 0. The number of amides is 1. The maximum absolute atomic E-state index is 13.5. The number of methoxy groups -OCH3 is 3. The number of rotatable bonds is 8. The Morgan fingerprint density at radius 2 is 1.54 bits per heavy atom. The molecule has 1 amide bonds. The summed E-state index contributed by atoms with van der Waals surface area (Å²) in [6.45, 7) is 5.64. The molecule has 1 atom stereocenters. The molecule has 39 heavy (non-hydrogen) atoms. The van der Waals surface area contributed by atoms with E-state index in [0.717, 1.165) is 10.5 Å². The number of aliphatic hydroxyl groups is 1. The number of benzene rings is 3. The molecule has 204 valence electrons. The van der Waals surface area contributed by atoms with E-state index in [4.69, 9.17) is 18.9 Å². The van der Waals surface area contributed by atoms with E-state index in [1.54, 1.807) is 42.5 Å². The van der Waals surface area contributed by atoms with Crippen LogP contribution in [0.1, 0.15) is 36.6 Å². The minimum absolute atomic E-state index is 0.0490. The van der Waals surface area contributed by atoms with Crippen molar-refractivity contribution >= 4 is 23.1 Å². The van der Waals surface area contributed by atoms with Crippen molar-refractivity contribution in [1.29, 1.82) is 0 Å². The summed E-state index contributed by atoms with van der Waals surface area (Å²) in [5, 5.41) is 22.2. The molecule has 1 saturated heterocycles. The Bertz CT molecular complexity index is 1430. The number of Topliss-reactive ketones (excluding diaryl/α,β-unsaturated/α-hetero) is 1. The van der Waals surface area contributed by atoms with Crippen LogP contribution in [-0.2, 0) is 9.59 Å². The van der Waals surface area contributed by atoms with E-state index in [2.05, 4.69) is 0 Å². The van der Waals surface area contributed by atoms with Gasteiger partial charge in [0.15, 0.2) is 11.5 Å². The number of nitrogens with zero attached hydrogens (tertiary/aromatic N) is 1. The molecule has 9 heteroatoms. The molecule has 0 aliphatic carbocycles. The summed E-state index contributed by atoms with van der Waals surface area (Å²) in [5.74, 6) is -0.853. The molecule has 9 nitrogen and oxygen atoms in total. The quantitative estimate of drug-likeness (QED) is 0.232. The first kappa shape index (κ1) is 27.4. The lowest BCUT2D eigenvalue weighted by Crippen LogP contribution is -2.29. The maximum Gasteiger partial charge on any atom is 0.300 e. The number of anilines is 1. The summed E-state index contributed by atoms with van der Waals surface area (Å²) in [6, 6.07) is 13.3. The molecule has 1 aliphatic heterocycles. The first-order valence-electron chi connectivity index (χ1n) is 12.3. The average molecular weight is 534 g/mol. The van der Waals surface area contributed by atoms with Crippen LogP contribution in [-0.4, -0.2) is 49.3 Å². The van der Waals surface area contributed by atoms with Crippen molar-refractivity contribution in [3.8, 4) is 28.7 Å². The van der Waals surface area contributed by atoms with Gasteiger partial charge in [0.05, 0.1) is 44.7 Å². The minimum Gasteiger partial charge on any atom is -0.507 e. The molecule has 3 aromatic carbocycles. The van der Waals surface area contributed by atoms with Crippen LogP contribution in [0, 0.1) is 6.92 Å². The van der Waals surface area contributed by atoms with Gasteiger partial charge in [-0.05, 0) is 74.4 Å². The predicted octanol–water partition coefficient (Wildman–Crippen LogP) is 5.14. The molecular formula is C30H31NO8. The Hall–Kier alpha value is -4.66. The molecular weight excluding hydrogens is 502 g/mol. The van der Waals surface area contributed by atoms with Crippen molar-refractivity contribution in [3.63, 3.8) is 0 Å². The number of carbonyl (C=O) groups is 2. The Kier molecular flexibility index (Phi) is 7.71. The van der Waals surface area contributed by atoms with Gasteiger partial charge >= 0.3 is 0 Å². The third-order valence-corrected chi connectivity index (χ3v) is 6.40. The van der Waals surface area contributed by atoms with Crippen molar-refractivity contribution in [2.75, 3.05) is 26.2 Å². The van der Waals surface area contributed by atoms with E-state index in [9.17, 15) is 19.8 Å². The van der Waals surface area contributed by atoms with Gasteiger partial charge in [-0.2, -0.15) is 0 Å². The second-order valence-electron chi connectivity index (χ2n) is 9.26. The number of phenolic OH excluding ortho intramolecular Hbond substituents is 1. The van der Waals surface area contributed by atoms with Crippen LogP contribution in [0.15, 0.2) is 60.2 Å². The summed E-state index contributed by atoms with van der Waals surface area (Å²) in [6.07, 6.45) is -0.0490. The van der Waals surface area contributed by atoms with Gasteiger partial charge in [0.2, 0.25) is 5.75 Å². The molecule has 1 fully saturated rings. The summed E-state index contributed by atoms with van der Waals surface area (Å²) in [4.78, 5) is 28.2. The highest BCUT2D eigenvalue weighted by Crippen LogP contribution is 2.48. The van der Waals surface area contributed by atoms with Crippen LogP contribution < -0.4 is 23.8 Å². The number of carbonyl (C=O) groups excluding carboxylic acids is 2. The summed E-state index contributed by atoms with van der Waals surface area (Å²) in [7, 11) is 4.36. The average Bonchev–Trinajstić information content (AvgIpc) is 3.18. The third-order valence-electron chi connectivity index (χ3n) is 6.40. The Morgan fingerprint density at radius 3 is 2.08 bits per heavy atom. The monoisotopic (exact) mass is 533 g/mol. The summed E-state index contributed by atoms with van der Waals surface area (Å²) < 4.78 is 22.2. The van der Waals surface area contributed by atoms with E-state index in [-0.39, 0.29) is 28.9 Å². The smallest absolute Gasteiger partial charge is 0.300 e.